The molecule has 1 aromatic rings. The highest BCUT2D eigenvalue weighted by Gasteiger charge is 2.10. The fourth-order valence-corrected chi connectivity index (χ4v) is 1.41. The summed E-state index contributed by atoms with van der Waals surface area (Å²) in [7, 11) is 0. The molecular weight excluding hydrogens is 208 g/mol. The molecule has 0 radical (unpaired) electrons. The SMILES string of the molecule is CC(C)C(N)c1cccc(CON(O)O)c1. The standard InChI is InChI=1S/C11H18N2O3/c1-8(2)11(12)10-5-3-4-9(6-10)7-16-13(14)15/h3-6,8,11,14-15H,7,12H2,1-2H3. The smallest absolute Gasteiger partial charge is 0.0987 e. The van der Waals surface area contributed by atoms with Gasteiger partial charge in [-0.1, -0.05) is 38.1 Å². The summed E-state index contributed by atoms with van der Waals surface area (Å²) in [5, 5.41) is 16.5. The molecule has 5 nitrogen and oxygen atoms in total. The molecule has 4 N–H and O–H groups in total. The molecular formula is C11H18N2O3. The number of benzene rings is 1. The highest BCUT2D eigenvalue weighted by atomic mass is 17.1. The van der Waals surface area contributed by atoms with Gasteiger partial charge in [-0.25, -0.2) is 4.84 Å². The largest absolute Gasteiger partial charge is 0.324 e. The van der Waals surface area contributed by atoms with E-state index >= 15 is 0 Å². The van der Waals surface area contributed by atoms with Crippen LogP contribution in [0.15, 0.2) is 24.3 Å². The van der Waals surface area contributed by atoms with E-state index in [1.54, 1.807) is 0 Å². The lowest BCUT2D eigenvalue weighted by atomic mass is 9.96. The van der Waals surface area contributed by atoms with E-state index in [-0.39, 0.29) is 18.0 Å². The van der Waals surface area contributed by atoms with Crippen LogP contribution in [0.4, 0.5) is 0 Å². The Labute approximate surface area is 94.9 Å². The summed E-state index contributed by atoms with van der Waals surface area (Å²) < 4.78 is 0. The minimum atomic E-state index is -0.297. The molecule has 0 aliphatic rings. The second-order valence-corrected chi connectivity index (χ2v) is 4.04. The van der Waals surface area contributed by atoms with Crippen molar-refractivity contribution in [1.82, 2.24) is 5.39 Å². The molecule has 1 unspecified atom stereocenters. The summed E-state index contributed by atoms with van der Waals surface area (Å²) in [4.78, 5) is 4.53. The fraction of sp³-hybridized carbons (Fsp3) is 0.455. The average Bonchev–Trinajstić information content (AvgIpc) is 2.25. The average molecular weight is 226 g/mol. The second-order valence-electron chi connectivity index (χ2n) is 4.04. The Kier molecular flexibility index (Phi) is 4.85. The summed E-state index contributed by atoms with van der Waals surface area (Å²) in [5.41, 5.74) is 7.86. The highest BCUT2D eigenvalue weighted by Crippen LogP contribution is 2.19. The van der Waals surface area contributed by atoms with Gasteiger partial charge in [-0.05, 0) is 17.0 Å². The van der Waals surface area contributed by atoms with Gasteiger partial charge in [0.15, 0.2) is 0 Å². The Morgan fingerprint density at radius 2 is 2.06 bits per heavy atom. The van der Waals surface area contributed by atoms with E-state index in [0.717, 1.165) is 11.1 Å². The maximum absolute atomic E-state index is 8.42. The van der Waals surface area contributed by atoms with Crippen LogP contribution in [-0.2, 0) is 11.4 Å². The summed E-state index contributed by atoms with van der Waals surface area (Å²) in [6, 6.07) is 7.52. The first-order valence-electron chi connectivity index (χ1n) is 5.16. The molecule has 0 saturated heterocycles. The zero-order valence-corrected chi connectivity index (χ0v) is 9.50. The van der Waals surface area contributed by atoms with Gasteiger partial charge < -0.3 is 5.73 Å². The van der Waals surface area contributed by atoms with Crippen molar-refractivity contribution in [2.24, 2.45) is 11.7 Å². The molecule has 16 heavy (non-hydrogen) atoms. The van der Waals surface area contributed by atoms with Gasteiger partial charge in [-0.3, -0.25) is 10.4 Å². The van der Waals surface area contributed by atoms with Crippen molar-refractivity contribution in [3.63, 3.8) is 0 Å². The molecule has 0 aliphatic carbocycles. The molecule has 0 spiro atoms. The Bertz CT molecular complexity index is 329. The normalized spacial score (nSPS) is 13.4. The molecule has 90 valence electrons. The van der Waals surface area contributed by atoms with Crippen molar-refractivity contribution in [2.75, 3.05) is 0 Å². The lowest BCUT2D eigenvalue weighted by molar-refractivity contribution is -0.497. The van der Waals surface area contributed by atoms with E-state index in [2.05, 4.69) is 18.7 Å². The number of nitrogens with zero attached hydrogens (tertiary/aromatic N) is 1. The van der Waals surface area contributed by atoms with Crippen LogP contribution >= 0.6 is 0 Å². The van der Waals surface area contributed by atoms with Crippen molar-refractivity contribution in [3.05, 3.63) is 35.4 Å². The van der Waals surface area contributed by atoms with Gasteiger partial charge in [0.05, 0.1) is 12.0 Å². The van der Waals surface area contributed by atoms with Gasteiger partial charge in [-0.15, -0.1) is 0 Å². The van der Waals surface area contributed by atoms with Crippen molar-refractivity contribution in [2.45, 2.75) is 26.5 Å². The van der Waals surface area contributed by atoms with E-state index in [4.69, 9.17) is 16.1 Å². The molecule has 0 amide bonds. The van der Waals surface area contributed by atoms with Gasteiger partial charge in [0.1, 0.15) is 0 Å². The lowest BCUT2D eigenvalue weighted by Gasteiger charge is -2.17. The molecule has 1 atom stereocenters. The minimum absolute atomic E-state index is 0.0284. The second kappa shape index (κ2) is 5.93. The van der Waals surface area contributed by atoms with Gasteiger partial charge in [0.2, 0.25) is 0 Å². The molecule has 0 aromatic heterocycles. The van der Waals surface area contributed by atoms with Gasteiger partial charge in [0, 0.05) is 6.04 Å². The first-order valence-corrected chi connectivity index (χ1v) is 5.16. The quantitative estimate of drug-likeness (QED) is 0.668. The minimum Gasteiger partial charge on any atom is -0.324 e. The first kappa shape index (κ1) is 13.1. The van der Waals surface area contributed by atoms with Crippen LogP contribution in [0, 0.1) is 5.92 Å². The maximum atomic E-state index is 8.42. The molecule has 1 aromatic carbocycles. The van der Waals surface area contributed by atoms with Crippen LogP contribution in [0.3, 0.4) is 0 Å². The van der Waals surface area contributed by atoms with Crippen LogP contribution in [0.1, 0.15) is 31.0 Å². The number of rotatable bonds is 5. The van der Waals surface area contributed by atoms with Crippen LogP contribution in [0.2, 0.25) is 0 Å². The zero-order chi connectivity index (χ0) is 12.1. The van der Waals surface area contributed by atoms with Crippen LogP contribution < -0.4 is 5.73 Å². The van der Waals surface area contributed by atoms with E-state index in [9.17, 15) is 0 Å². The molecule has 0 bridgehead atoms. The lowest BCUT2D eigenvalue weighted by Crippen LogP contribution is -2.17. The Balaban J connectivity index is 2.71. The predicted molar refractivity (Wildman–Crippen MR) is 58.4 cm³/mol. The van der Waals surface area contributed by atoms with Crippen LogP contribution in [0.25, 0.3) is 0 Å². The molecule has 0 heterocycles. The van der Waals surface area contributed by atoms with Gasteiger partial charge in [-0.2, -0.15) is 0 Å². The number of hydrogen-bond donors (Lipinski definition) is 3. The molecule has 1 rings (SSSR count). The van der Waals surface area contributed by atoms with Crippen LogP contribution in [0.5, 0.6) is 0 Å². The van der Waals surface area contributed by atoms with Gasteiger partial charge in [0.25, 0.3) is 0 Å². The molecule has 0 aliphatic heterocycles. The van der Waals surface area contributed by atoms with Crippen molar-refractivity contribution in [3.8, 4) is 0 Å². The molecule has 0 fully saturated rings. The van der Waals surface area contributed by atoms with Crippen molar-refractivity contribution >= 4 is 0 Å². The number of nitrogens with two attached hydrogens (primary N) is 1. The summed E-state index contributed by atoms with van der Waals surface area (Å²) in [5.74, 6) is 0.350. The third kappa shape index (κ3) is 3.88. The zero-order valence-electron chi connectivity index (χ0n) is 9.50. The fourth-order valence-electron chi connectivity index (χ4n) is 1.41. The highest BCUT2D eigenvalue weighted by molar-refractivity contribution is 5.25. The third-order valence-electron chi connectivity index (χ3n) is 2.40. The summed E-state index contributed by atoms with van der Waals surface area (Å²) in [6.45, 7) is 4.19. The Hall–Kier alpha value is -0.980. The monoisotopic (exact) mass is 226 g/mol. The van der Waals surface area contributed by atoms with Crippen molar-refractivity contribution < 1.29 is 15.3 Å². The topological polar surface area (TPSA) is 79.0 Å². The van der Waals surface area contributed by atoms with E-state index in [1.807, 2.05) is 24.3 Å². The maximum Gasteiger partial charge on any atom is 0.0987 e. The Morgan fingerprint density at radius 1 is 1.38 bits per heavy atom. The van der Waals surface area contributed by atoms with Gasteiger partial charge >= 0.3 is 0 Å². The molecule has 0 saturated carbocycles. The van der Waals surface area contributed by atoms with E-state index in [0.29, 0.717) is 5.92 Å². The van der Waals surface area contributed by atoms with E-state index < -0.39 is 0 Å². The summed E-state index contributed by atoms with van der Waals surface area (Å²) in [6.07, 6.45) is 0. The first-order chi connectivity index (χ1) is 7.50. The third-order valence-corrected chi connectivity index (χ3v) is 2.40. The van der Waals surface area contributed by atoms with E-state index in [1.165, 1.54) is 0 Å². The summed E-state index contributed by atoms with van der Waals surface area (Å²) >= 11 is 0. The van der Waals surface area contributed by atoms with Crippen LogP contribution in [-0.4, -0.2) is 15.8 Å². The molecule has 5 heteroatoms. The Morgan fingerprint density at radius 3 is 2.62 bits per heavy atom. The predicted octanol–water partition coefficient (Wildman–Crippen LogP) is 1.85. The number of hydrogen-bond acceptors (Lipinski definition) is 5. The van der Waals surface area contributed by atoms with Crippen molar-refractivity contribution in [1.29, 1.82) is 0 Å².